The summed E-state index contributed by atoms with van der Waals surface area (Å²) in [6.45, 7) is 3.41. The van der Waals surface area contributed by atoms with Gasteiger partial charge in [-0.1, -0.05) is 6.07 Å². The lowest BCUT2D eigenvalue weighted by Crippen LogP contribution is -2.10. The van der Waals surface area contributed by atoms with E-state index in [4.69, 9.17) is 10.00 Å². The molecule has 0 aliphatic rings. The first-order chi connectivity index (χ1) is 9.26. The van der Waals surface area contributed by atoms with Gasteiger partial charge in [-0.3, -0.25) is 4.79 Å². The van der Waals surface area contributed by atoms with Crippen molar-refractivity contribution in [1.29, 1.82) is 5.26 Å². The van der Waals surface area contributed by atoms with Gasteiger partial charge < -0.3 is 4.74 Å². The predicted octanol–water partition coefficient (Wildman–Crippen LogP) is 3.58. The van der Waals surface area contributed by atoms with Gasteiger partial charge in [-0.15, -0.1) is 0 Å². The number of thioether (sulfide) groups is 1. The average Bonchev–Trinajstić information content (AvgIpc) is 2.31. The van der Waals surface area contributed by atoms with Crippen LogP contribution < -0.4 is 0 Å². The zero-order valence-electron chi connectivity index (χ0n) is 10.9. The molecule has 0 N–H and O–H groups in total. The lowest BCUT2D eigenvalue weighted by Gasteiger charge is -2.13. The van der Waals surface area contributed by atoms with Crippen LogP contribution in [-0.4, -0.2) is 18.1 Å². The molecule has 0 aliphatic carbocycles. The Morgan fingerprint density at radius 1 is 1.45 bits per heavy atom. The van der Waals surface area contributed by atoms with Crippen LogP contribution in [0.5, 0.6) is 0 Å². The normalized spacial score (nSPS) is 11.0. The van der Waals surface area contributed by atoms with Crippen LogP contribution in [0.4, 0.5) is 13.2 Å². The molecule has 0 aromatic heterocycles. The molecule has 108 valence electrons. The molecule has 0 heterocycles. The molecular weight excluding hydrogens is 291 g/mol. The maximum atomic E-state index is 12.6. The predicted molar refractivity (Wildman–Crippen MR) is 68.1 cm³/mol. The largest absolute Gasteiger partial charge is 0.466 e. The van der Waals surface area contributed by atoms with E-state index in [1.807, 2.05) is 0 Å². The highest BCUT2D eigenvalue weighted by molar-refractivity contribution is 8.00. The highest BCUT2D eigenvalue weighted by Gasteiger charge is 2.32. The Hall–Kier alpha value is -1.68. The number of halogens is 3. The fraction of sp³-hybridized carbons (Fsp3) is 0.385. The number of alkyl halides is 3. The first kappa shape index (κ1) is 16.4. The number of hydrogen-bond acceptors (Lipinski definition) is 4. The van der Waals surface area contributed by atoms with E-state index in [1.165, 1.54) is 12.1 Å². The summed E-state index contributed by atoms with van der Waals surface area (Å²) in [7, 11) is 0. The van der Waals surface area contributed by atoms with Crippen molar-refractivity contribution in [2.24, 2.45) is 0 Å². The maximum absolute atomic E-state index is 12.6. The molecule has 0 bridgehead atoms. The second-order valence-electron chi connectivity index (χ2n) is 3.94. The molecular formula is C13H12F3NO2S. The van der Waals surface area contributed by atoms with Gasteiger partial charge in [-0.25, -0.2) is 0 Å². The minimum Gasteiger partial charge on any atom is -0.466 e. The molecule has 3 nitrogen and oxygen atoms in total. The molecule has 1 aromatic rings. The Bertz CT molecular complexity index is 550. The second-order valence-corrected chi connectivity index (χ2v) is 5.02. The van der Waals surface area contributed by atoms with Crippen molar-refractivity contribution in [3.8, 4) is 6.07 Å². The molecule has 0 spiro atoms. The Morgan fingerprint density at radius 2 is 2.10 bits per heavy atom. The number of benzene rings is 1. The van der Waals surface area contributed by atoms with Crippen LogP contribution in [0.15, 0.2) is 17.0 Å². The van der Waals surface area contributed by atoms with Crippen molar-refractivity contribution in [2.45, 2.75) is 30.7 Å². The van der Waals surface area contributed by atoms with Crippen molar-refractivity contribution in [1.82, 2.24) is 0 Å². The lowest BCUT2D eigenvalue weighted by molar-refractivity contribution is -0.142. The average molecular weight is 303 g/mol. The first-order valence-electron chi connectivity index (χ1n) is 5.71. The van der Waals surface area contributed by atoms with Gasteiger partial charge in [0.05, 0.1) is 18.6 Å². The topological polar surface area (TPSA) is 50.1 Å². The zero-order valence-corrected chi connectivity index (χ0v) is 11.7. The Balaban J connectivity index is 3.23. The third kappa shape index (κ3) is 4.78. The number of ether oxygens (including phenoxy) is 1. The standard InChI is InChI=1S/C13H12F3NO2S/c1-3-19-11(18)6-9-4-8(2)5-10(7-17)12(9)20-13(14,15)16/h4-5H,3,6H2,1-2H3. The van der Waals surface area contributed by atoms with Crippen LogP contribution >= 0.6 is 11.8 Å². The first-order valence-corrected chi connectivity index (χ1v) is 6.53. The van der Waals surface area contributed by atoms with E-state index < -0.39 is 11.5 Å². The summed E-state index contributed by atoms with van der Waals surface area (Å²) in [5.74, 6) is -0.619. The van der Waals surface area contributed by atoms with Gasteiger partial charge in [0, 0.05) is 4.90 Å². The maximum Gasteiger partial charge on any atom is 0.446 e. The Kier molecular flexibility index (Phi) is 5.45. The quantitative estimate of drug-likeness (QED) is 0.630. The molecule has 0 saturated carbocycles. The fourth-order valence-corrected chi connectivity index (χ4v) is 2.37. The van der Waals surface area contributed by atoms with Gasteiger partial charge in [-0.2, -0.15) is 18.4 Å². The zero-order chi connectivity index (χ0) is 15.3. The molecule has 0 atom stereocenters. The molecule has 0 radical (unpaired) electrons. The number of hydrogen-bond donors (Lipinski definition) is 0. The molecule has 1 rings (SSSR count). The second kappa shape index (κ2) is 6.66. The summed E-state index contributed by atoms with van der Waals surface area (Å²) in [4.78, 5) is 11.2. The van der Waals surface area contributed by atoms with Gasteiger partial charge in [0.15, 0.2) is 0 Å². The minimum atomic E-state index is -4.52. The monoisotopic (exact) mass is 303 g/mol. The molecule has 0 amide bonds. The fourth-order valence-electron chi connectivity index (χ4n) is 1.67. The van der Waals surface area contributed by atoms with E-state index in [0.717, 1.165) is 0 Å². The van der Waals surface area contributed by atoms with E-state index >= 15 is 0 Å². The minimum absolute atomic E-state index is 0.0911. The lowest BCUT2D eigenvalue weighted by atomic mass is 10.0. The summed E-state index contributed by atoms with van der Waals surface area (Å²) in [6, 6.07) is 4.56. The number of nitrogens with zero attached hydrogens (tertiary/aromatic N) is 1. The van der Waals surface area contributed by atoms with Crippen LogP contribution in [0.2, 0.25) is 0 Å². The van der Waals surface area contributed by atoms with Crippen molar-refractivity contribution < 1.29 is 22.7 Å². The number of nitriles is 1. The summed E-state index contributed by atoms with van der Waals surface area (Å²) in [5, 5.41) is 8.95. The number of esters is 1. The van der Waals surface area contributed by atoms with Gasteiger partial charge in [0.2, 0.25) is 0 Å². The van der Waals surface area contributed by atoms with Crippen molar-refractivity contribution in [2.75, 3.05) is 6.61 Å². The van der Waals surface area contributed by atoms with Gasteiger partial charge in [0.1, 0.15) is 6.07 Å². The highest BCUT2D eigenvalue weighted by atomic mass is 32.2. The summed E-state index contributed by atoms with van der Waals surface area (Å²) in [5.41, 5.74) is -3.84. The van der Waals surface area contributed by atoms with Gasteiger partial charge in [-0.05, 0) is 42.8 Å². The third-order valence-electron chi connectivity index (χ3n) is 2.29. The van der Waals surface area contributed by atoms with Crippen LogP contribution in [0.25, 0.3) is 0 Å². The summed E-state index contributed by atoms with van der Waals surface area (Å²) in [6.07, 6.45) is -0.289. The van der Waals surface area contributed by atoms with E-state index in [0.29, 0.717) is 5.56 Å². The van der Waals surface area contributed by atoms with Gasteiger partial charge >= 0.3 is 11.5 Å². The van der Waals surface area contributed by atoms with Crippen molar-refractivity contribution in [3.63, 3.8) is 0 Å². The number of carbonyl (C=O) groups excluding carboxylic acids is 1. The highest BCUT2D eigenvalue weighted by Crippen LogP contribution is 2.41. The van der Waals surface area contributed by atoms with E-state index in [1.54, 1.807) is 19.9 Å². The molecule has 0 saturated heterocycles. The molecule has 0 aliphatic heterocycles. The van der Waals surface area contributed by atoms with Gasteiger partial charge in [0.25, 0.3) is 0 Å². The van der Waals surface area contributed by atoms with E-state index in [-0.39, 0.29) is 40.8 Å². The SMILES string of the molecule is CCOC(=O)Cc1cc(C)cc(C#N)c1SC(F)(F)F. The van der Waals surface area contributed by atoms with E-state index in [9.17, 15) is 18.0 Å². The van der Waals surface area contributed by atoms with E-state index in [2.05, 4.69) is 0 Å². The van der Waals surface area contributed by atoms with Crippen LogP contribution in [0.1, 0.15) is 23.6 Å². The molecule has 20 heavy (non-hydrogen) atoms. The van der Waals surface area contributed by atoms with Crippen molar-refractivity contribution in [3.05, 3.63) is 28.8 Å². The summed E-state index contributed by atoms with van der Waals surface area (Å²) < 4.78 is 42.4. The summed E-state index contributed by atoms with van der Waals surface area (Å²) >= 11 is -0.383. The van der Waals surface area contributed by atoms with Crippen LogP contribution in [0, 0.1) is 18.3 Å². The number of carbonyl (C=O) groups is 1. The van der Waals surface area contributed by atoms with Crippen LogP contribution in [0.3, 0.4) is 0 Å². The third-order valence-corrected chi connectivity index (χ3v) is 3.21. The van der Waals surface area contributed by atoms with Crippen LogP contribution in [-0.2, 0) is 16.0 Å². The molecule has 1 aromatic carbocycles. The Labute approximate surface area is 118 Å². The molecule has 0 fully saturated rings. The molecule has 0 unspecified atom stereocenters. The Morgan fingerprint density at radius 3 is 2.60 bits per heavy atom. The molecule has 7 heteroatoms. The number of rotatable bonds is 4. The number of aryl methyl sites for hydroxylation is 1. The smallest absolute Gasteiger partial charge is 0.446 e. The van der Waals surface area contributed by atoms with Crippen molar-refractivity contribution >= 4 is 17.7 Å².